The molecule has 5 nitrogen and oxygen atoms in total. The van der Waals surface area contributed by atoms with Crippen LogP contribution in [0.1, 0.15) is 58.7 Å². The molecule has 6 heteroatoms. The molecule has 0 radical (unpaired) electrons. The highest BCUT2D eigenvalue weighted by Crippen LogP contribution is 2.21. The molecule has 2 atom stereocenters. The summed E-state index contributed by atoms with van der Waals surface area (Å²) in [6, 6.07) is 0.401. The summed E-state index contributed by atoms with van der Waals surface area (Å²) in [4.78, 5) is 18.6. The molecule has 2 heterocycles. The Morgan fingerprint density at radius 3 is 2.95 bits per heavy atom. The molecule has 1 aromatic rings. The molecule has 124 valence electrons. The Morgan fingerprint density at radius 1 is 1.55 bits per heavy atom. The lowest BCUT2D eigenvalue weighted by Gasteiger charge is -2.37. The Bertz CT molecular complexity index is 470. The summed E-state index contributed by atoms with van der Waals surface area (Å²) < 4.78 is 5.54. The quantitative estimate of drug-likeness (QED) is 0.919. The van der Waals surface area contributed by atoms with Crippen molar-refractivity contribution in [3.8, 4) is 0 Å². The lowest BCUT2D eigenvalue weighted by atomic mass is 10.0. The third-order valence-electron chi connectivity index (χ3n) is 3.81. The van der Waals surface area contributed by atoms with Crippen molar-refractivity contribution in [1.29, 1.82) is 0 Å². The lowest BCUT2D eigenvalue weighted by Crippen LogP contribution is -2.50. The maximum atomic E-state index is 12.4. The van der Waals surface area contributed by atoms with E-state index in [1.165, 1.54) is 0 Å². The molecule has 1 saturated heterocycles. The molecule has 22 heavy (non-hydrogen) atoms. The van der Waals surface area contributed by atoms with Gasteiger partial charge in [0.05, 0.1) is 11.2 Å². The van der Waals surface area contributed by atoms with E-state index in [1.54, 1.807) is 11.3 Å². The number of hydrogen-bond acceptors (Lipinski definition) is 5. The third-order valence-corrected chi connectivity index (χ3v) is 4.41. The van der Waals surface area contributed by atoms with Crippen LogP contribution in [0.15, 0.2) is 10.9 Å². The van der Waals surface area contributed by atoms with Crippen LogP contribution in [0.3, 0.4) is 0 Å². The first kappa shape index (κ1) is 17.2. The number of carbonyl (C=O) groups excluding carboxylic acids is 1. The van der Waals surface area contributed by atoms with Crippen LogP contribution in [0, 0.1) is 0 Å². The molecule has 1 amide bonds. The van der Waals surface area contributed by atoms with E-state index in [2.05, 4.69) is 22.6 Å². The predicted molar refractivity (Wildman–Crippen MR) is 89.1 cm³/mol. The van der Waals surface area contributed by atoms with Gasteiger partial charge >= 0.3 is 6.09 Å². The van der Waals surface area contributed by atoms with Crippen molar-refractivity contribution in [2.75, 3.05) is 13.1 Å². The number of piperidine rings is 1. The van der Waals surface area contributed by atoms with Crippen LogP contribution >= 0.6 is 11.3 Å². The highest BCUT2D eigenvalue weighted by atomic mass is 32.1. The monoisotopic (exact) mass is 325 g/mol. The molecule has 0 bridgehead atoms. The van der Waals surface area contributed by atoms with Gasteiger partial charge in [0.1, 0.15) is 5.60 Å². The standard InChI is InChI=1S/C16H27N3O2S/c1-12(14-10-22-11-18-14)17-9-13-7-5-6-8-19(13)15(20)21-16(2,3)4/h10-13,17H,5-9H2,1-4H3. The summed E-state index contributed by atoms with van der Waals surface area (Å²) in [6.07, 6.45) is 3.05. The van der Waals surface area contributed by atoms with Gasteiger partial charge in [-0.2, -0.15) is 0 Å². The van der Waals surface area contributed by atoms with Crippen LogP contribution in [-0.2, 0) is 4.74 Å². The Balaban J connectivity index is 1.90. The van der Waals surface area contributed by atoms with Gasteiger partial charge in [0.15, 0.2) is 0 Å². The highest BCUT2D eigenvalue weighted by molar-refractivity contribution is 7.07. The zero-order valence-electron chi connectivity index (χ0n) is 14.0. The highest BCUT2D eigenvalue weighted by Gasteiger charge is 2.30. The third kappa shape index (κ3) is 4.95. The summed E-state index contributed by atoms with van der Waals surface area (Å²) in [5.74, 6) is 0. The number of rotatable bonds is 4. The Hall–Kier alpha value is -1.14. The van der Waals surface area contributed by atoms with E-state index in [0.29, 0.717) is 0 Å². The summed E-state index contributed by atoms with van der Waals surface area (Å²) in [6.45, 7) is 9.39. The fourth-order valence-electron chi connectivity index (χ4n) is 2.63. The van der Waals surface area contributed by atoms with Gasteiger partial charge in [0.25, 0.3) is 0 Å². The van der Waals surface area contributed by atoms with E-state index in [4.69, 9.17) is 4.74 Å². The summed E-state index contributed by atoms with van der Waals surface area (Å²) in [5.41, 5.74) is 2.46. The number of aromatic nitrogens is 1. The molecule has 1 aliphatic heterocycles. The molecule has 0 aliphatic carbocycles. The Kier molecular flexibility index (Phi) is 5.81. The van der Waals surface area contributed by atoms with Crippen molar-refractivity contribution in [2.24, 2.45) is 0 Å². The van der Waals surface area contributed by atoms with Crippen molar-refractivity contribution in [1.82, 2.24) is 15.2 Å². The molecule has 1 N–H and O–H groups in total. The van der Waals surface area contributed by atoms with E-state index < -0.39 is 5.60 Å². The first-order valence-electron chi connectivity index (χ1n) is 7.98. The maximum absolute atomic E-state index is 12.4. The van der Waals surface area contributed by atoms with Crippen LogP contribution in [0.4, 0.5) is 4.79 Å². The second-order valence-corrected chi connectivity index (χ2v) is 7.59. The van der Waals surface area contributed by atoms with Gasteiger partial charge < -0.3 is 15.0 Å². The molecule has 2 rings (SSSR count). The van der Waals surface area contributed by atoms with Gasteiger partial charge in [-0.25, -0.2) is 9.78 Å². The number of thiazole rings is 1. The van der Waals surface area contributed by atoms with Gasteiger partial charge in [-0.1, -0.05) is 0 Å². The molecule has 1 aromatic heterocycles. The second-order valence-electron chi connectivity index (χ2n) is 6.87. The zero-order chi connectivity index (χ0) is 16.2. The van der Waals surface area contributed by atoms with E-state index >= 15 is 0 Å². The average Bonchev–Trinajstić information content (AvgIpc) is 2.97. The number of nitrogens with zero attached hydrogens (tertiary/aromatic N) is 2. The Morgan fingerprint density at radius 2 is 2.32 bits per heavy atom. The summed E-state index contributed by atoms with van der Waals surface area (Å²) in [7, 11) is 0. The van der Waals surface area contributed by atoms with Crippen LogP contribution in [-0.4, -0.2) is 40.7 Å². The average molecular weight is 325 g/mol. The minimum Gasteiger partial charge on any atom is -0.444 e. The van der Waals surface area contributed by atoms with Crippen LogP contribution < -0.4 is 5.32 Å². The molecule has 0 saturated carbocycles. The number of carbonyl (C=O) groups is 1. The Labute approximate surface area is 137 Å². The largest absolute Gasteiger partial charge is 0.444 e. The van der Waals surface area contributed by atoms with E-state index in [0.717, 1.165) is 38.0 Å². The van der Waals surface area contributed by atoms with Gasteiger partial charge in [0.2, 0.25) is 0 Å². The number of nitrogens with one attached hydrogen (secondary N) is 1. The van der Waals surface area contributed by atoms with Crippen molar-refractivity contribution in [3.63, 3.8) is 0 Å². The fraction of sp³-hybridized carbons (Fsp3) is 0.750. The molecular weight excluding hydrogens is 298 g/mol. The molecule has 0 aromatic carbocycles. The fourth-order valence-corrected chi connectivity index (χ4v) is 3.27. The summed E-state index contributed by atoms with van der Waals surface area (Å²) in [5, 5.41) is 5.56. The minimum absolute atomic E-state index is 0.194. The molecule has 1 aliphatic rings. The number of ether oxygens (including phenoxy) is 1. The number of likely N-dealkylation sites (tertiary alicyclic amines) is 1. The zero-order valence-corrected chi connectivity index (χ0v) is 14.8. The SMILES string of the molecule is CC(NCC1CCCCN1C(=O)OC(C)(C)C)c1cscn1. The molecule has 0 spiro atoms. The second kappa shape index (κ2) is 7.42. The topological polar surface area (TPSA) is 54.5 Å². The van der Waals surface area contributed by atoms with Crippen molar-refractivity contribution < 1.29 is 9.53 Å². The smallest absolute Gasteiger partial charge is 0.410 e. The van der Waals surface area contributed by atoms with Crippen LogP contribution in [0.5, 0.6) is 0 Å². The van der Waals surface area contributed by atoms with Gasteiger partial charge in [-0.15, -0.1) is 11.3 Å². The first-order chi connectivity index (χ1) is 10.4. The van der Waals surface area contributed by atoms with E-state index in [1.807, 2.05) is 31.2 Å². The summed E-state index contributed by atoms with van der Waals surface area (Å²) >= 11 is 1.61. The normalized spacial score (nSPS) is 20.7. The lowest BCUT2D eigenvalue weighted by molar-refractivity contribution is 0.00970. The van der Waals surface area contributed by atoms with Gasteiger partial charge in [-0.3, -0.25) is 0 Å². The minimum atomic E-state index is -0.444. The predicted octanol–water partition coefficient (Wildman–Crippen LogP) is 3.58. The van der Waals surface area contributed by atoms with Crippen molar-refractivity contribution >= 4 is 17.4 Å². The number of hydrogen-bond donors (Lipinski definition) is 1. The van der Waals surface area contributed by atoms with Crippen molar-refractivity contribution in [2.45, 2.75) is 64.6 Å². The van der Waals surface area contributed by atoms with Crippen molar-refractivity contribution in [3.05, 3.63) is 16.6 Å². The number of amides is 1. The van der Waals surface area contributed by atoms with E-state index in [9.17, 15) is 4.79 Å². The van der Waals surface area contributed by atoms with Gasteiger partial charge in [-0.05, 0) is 47.0 Å². The maximum Gasteiger partial charge on any atom is 0.410 e. The van der Waals surface area contributed by atoms with E-state index in [-0.39, 0.29) is 18.2 Å². The first-order valence-corrected chi connectivity index (χ1v) is 8.92. The van der Waals surface area contributed by atoms with Crippen LogP contribution in [0.25, 0.3) is 0 Å². The molecular formula is C16H27N3O2S. The molecule has 1 fully saturated rings. The van der Waals surface area contributed by atoms with Gasteiger partial charge in [0, 0.05) is 30.6 Å². The van der Waals surface area contributed by atoms with Crippen LogP contribution in [0.2, 0.25) is 0 Å². The molecule has 2 unspecified atom stereocenters.